The lowest BCUT2D eigenvalue weighted by atomic mass is 9.82. The van der Waals surface area contributed by atoms with Crippen LogP contribution in [0.1, 0.15) is 65.2 Å². The van der Waals surface area contributed by atoms with Gasteiger partial charge in [-0.05, 0) is 44.6 Å². The molecule has 0 aromatic heterocycles. The number of hydrogen-bond acceptors (Lipinski definition) is 2. The predicted molar refractivity (Wildman–Crippen MR) is 74.4 cm³/mol. The van der Waals surface area contributed by atoms with Crippen LogP contribution in [0.5, 0.6) is 0 Å². The van der Waals surface area contributed by atoms with Crippen molar-refractivity contribution in [3.8, 4) is 0 Å². The van der Waals surface area contributed by atoms with E-state index in [-0.39, 0.29) is 0 Å². The summed E-state index contributed by atoms with van der Waals surface area (Å²) in [4.78, 5) is 0. The highest BCUT2D eigenvalue weighted by Crippen LogP contribution is 2.33. The molecular weight excluding hydrogens is 210 g/mol. The summed E-state index contributed by atoms with van der Waals surface area (Å²) in [6.07, 6.45) is 11.0. The molecule has 102 valence electrons. The van der Waals surface area contributed by atoms with E-state index < -0.39 is 0 Å². The zero-order chi connectivity index (χ0) is 12.4. The molecule has 0 unspecified atom stereocenters. The predicted octanol–water partition coefficient (Wildman–Crippen LogP) is 3.75. The lowest BCUT2D eigenvalue weighted by Gasteiger charge is -2.28. The largest absolute Gasteiger partial charge is 0.382 e. The molecule has 1 aliphatic carbocycles. The summed E-state index contributed by atoms with van der Waals surface area (Å²) in [5.41, 5.74) is 0.566. The first-order valence-corrected chi connectivity index (χ1v) is 7.55. The Labute approximate surface area is 108 Å². The summed E-state index contributed by atoms with van der Waals surface area (Å²) in [6.45, 7) is 8.67. The lowest BCUT2D eigenvalue weighted by molar-refractivity contribution is 0.143. The molecule has 2 nitrogen and oxygen atoms in total. The van der Waals surface area contributed by atoms with Crippen molar-refractivity contribution in [2.45, 2.75) is 65.2 Å². The van der Waals surface area contributed by atoms with Crippen LogP contribution in [0.15, 0.2) is 0 Å². The topological polar surface area (TPSA) is 21.3 Å². The van der Waals surface area contributed by atoms with E-state index >= 15 is 0 Å². The minimum Gasteiger partial charge on any atom is -0.382 e. The maximum Gasteiger partial charge on any atom is 0.0466 e. The number of ether oxygens (including phenoxy) is 1. The molecule has 0 amide bonds. The van der Waals surface area contributed by atoms with Crippen LogP contribution in [0.3, 0.4) is 0 Å². The fraction of sp³-hybridized carbons (Fsp3) is 1.00. The van der Waals surface area contributed by atoms with Gasteiger partial charge in [-0.3, -0.25) is 0 Å². The summed E-state index contributed by atoms with van der Waals surface area (Å²) in [5.74, 6) is 0. The van der Waals surface area contributed by atoms with Crippen molar-refractivity contribution in [2.75, 3.05) is 26.3 Å². The first-order chi connectivity index (χ1) is 8.27. The Bertz CT molecular complexity index is 174. The van der Waals surface area contributed by atoms with Gasteiger partial charge in [0.15, 0.2) is 0 Å². The van der Waals surface area contributed by atoms with Gasteiger partial charge in [0.2, 0.25) is 0 Å². The Balaban J connectivity index is 2.00. The molecule has 1 fully saturated rings. The molecule has 0 aromatic rings. The highest BCUT2D eigenvalue weighted by molar-refractivity contribution is 4.79. The van der Waals surface area contributed by atoms with Gasteiger partial charge < -0.3 is 10.1 Å². The van der Waals surface area contributed by atoms with E-state index in [0.717, 1.165) is 19.8 Å². The van der Waals surface area contributed by atoms with E-state index in [2.05, 4.69) is 19.2 Å². The highest BCUT2D eigenvalue weighted by Gasteiger charge is 2.24. The summed E-state index contributed by atoms with van der Waals surface area (Å²) in [5, 5.41) is 3.64. The van der Waals surface area contributed by atoms with Crippen LogP contribution in [0.2, 0.25) is 0 Å². The Morgan fingerprint density at radius 2 is 1.76 bits per heavy atom. The molecule has 1 rings (SSSR count). The Morgan fingerprint density at radius 3 is 2.41 bits per heavy atom. The van der Waals surface area contributed by atoms with E-state index in [9.17, 15) is 0 Å². The van der Waals surface area contributed by atoms with Crippen molar-refractivity contribution in [3.05, 3.63) is 0 Å². The molecular formula is C15H31NO. The molecule has 0 aliphatic heterocycles. The van der Waals surface area contributed by atoms with Crippen LogP contribution in [-0.2, 0) is 4.74 Å². The molecule has 0 spiro atoms. The summed E-state index contributed by atoms with van der Waals surface area (Å²) >= 11 is 0. The first-order valence-electron chi connectivity index (χ1n) is 7.55. The third-order valence-corrected chi connectivity index (χ3v) is 3.96. The SMILES string of the molecule is CCOCCCCNCC1(C)CCCCCC1. The average molecular weight is 241 g/mol. The maximum absolute atomic E-state index is 5.34. The molecule has 0 atom stereocenters. The van der Waals surface area contributed by atoms with Gasteiger partial charge >= 0.3 is 0 Å². The number of hydrogen-bond donors (Lipinski definition) is 1. The first kappa shape index (κ1) is 15.0. The lowest BCUT2D eigenvalue weighted by Crippen LogP contribution is -2.32. The van der Waals surface area contributed by atoms with Gasteiger partial charge in [0.1, 0.15) is 0 Å². The average Bonchev–Trinajstić information content (AvgIpc) is 2.53. The number of nitrogens with one attached hydrogen (secondary N) is 1. The molecule has 1 N–H and O–H groups in total. The van der Waals surface area contributed by atoms with Crippen molar-refractivity contribution in [3.63, 3.8) is 0 Å². The van der Waals surface area contributed by atoms with Crippen LogP contribution >= 0.6 is 0 Å². The van der Waals surface area contributed by atoms with E-state index in [1.165, 1.54) is 57.9 Å². The van der Waals surface area contributed by atoms with Crippen molar-refractivity contribution < 1.29 is 4.74 Å². The van der Waals surface area contributed by atoms with E-state index in [0.29, 0.717) is 5.41 Å². The van der Waals surface area contributed by atoms with Crippen LogP contribution in [0, 0.1) is 5.41 Å². The second-order valence-electron chi connectivity index (χ2n) is 5.81. The molecule has 17 heavy (non-hydrogen) atoms. The van der Waals surface area contributed by atoms with Crippen molar-refractivity contribution in [1.82, 2.24) is 5.32 Å². The summed E-state index contributed by atoms with van der Waals surface area (Å²) in [7, 11) is 0. The Hall–Kier alpha value is -0.0800. The molecule has 0 aromatic carbocycles. The third-order valence-electron chi connectivity index (χ3n) is 3.96. The second-order valence-corrected chi connectivity index (χ2v) is 5.81. The molecule has 1 saturated carbocycles. The van der Waals surface area contributed by atoms with E-state index in [4.69, 9.17) is 4.74 Å². The van der Waals surface area contributed by atoms with Crippen LogP contribution in [0.4, 0.5) is 0 Å². The molecule has 0 heterocycles. The van der Waals surface area contributed by atoms with Gasteiger partial charge in [-0.1, -0.05) is 32.6 Å². The van der Waals surface area contributed by atoms with Gasteiger partial charge in [0.05, 0.1) is 0 Å². The van der Waals surface area contributed by atoms with Crippen molar-refractivity contribution in [2.24, 2.45) is 5.41 Å². The van der Waals surface area contributed by atoms with Crippen LogP contribution in [-0.4, -0.2) is 26.3 Å². The minimum absolute atomic E-state index is 0.566. The van der Waals surface area contributed by atoms with Gasteiger partial charge in [-0.2, -0.15) is 0 Å². The van der Waals surface area contributed by atoms with E-state index in [1.807, 2.05) is 0 Å². The fourth-order valence-electron chi connectivity index (χ4n) is 2.75. The second kappa shape index (κ2) is 8.93. The van der Waals surface area contributed by atoms with E-state index in [1.54, 1.807) is 0 Å². The zero-order valence-electron chi connectivity index (χ0n) is 11.9. The molecule has 2 heteroatoms. The summed E-state index contributed by atoms with van der Waals surface area (Å²) in [6, 6.07) is 0. The molecule has 0 radical (unpaired) electrons. The van der Waals surface area contributed by atoms with Crippen molar-refractivity contribution >= 4 is 0 Å². The van der Waals surface area contributed by atoms with Crippen molar-refractivity contribution in [1.29, 1.82) is 0 Å². The molecule has 1 aliphatic rings. The number of unbranched alkanes of at least 4 members (excludes halogenated alkanes) is 1. The standard InChI is InChI=1S/C15H31NO/c1-3-17-13-9-8-12-16-14-15(2)10-6-4-5-7-11-15/h16H,3-14H2,1-2H3. The van der Waals surface area contributed by atoms with Gasteiger partial charge in [0, 0.05) is 19.8 Å². The molecule has 0 saturated heterocycles. The summed E-state index contributed by atoms with van der Waals surface area (Å²) < 4.78 is 5.34. The zero-order valence-corrected chi connectivity index (χ0v) is 11.9. The van der Waals surface area contributed by atoms with Gasteiger partial charge in [-0.25, -0.2) is 0 Å². The minimum atomic E-state index is 0.566. The van der Waals surface area contributed by atoms with Gasteiger partial charge in [0.25, 0.3) is 0 Å². The monoisotopic (exact) mass is 241 g/mol. The smallest absolute Gasteiger partial charge is 0.0466 e. The Morgan fingerprint density at radius 1 is 1.06 bits per heavy atom. The molecule has 0 bridgehead atoms. The van der Waals surface area contributed by atoms with Crippen LogP contribution in [0.25, 0.3) is 0 Å². The third kappa shape index (κ3) is 7.05. The fourth-order valence-corrected chi connectivity index (χ4v) is 2.75. The van der Waals surface area contributed by atoms with Gasteiger partial charge in [-0.15, -0.1) is 0 Å². The number of rotatable bonds is 8. The van der Waals surface area contributed by atoms with Crippen LogP contribution < -0.4 is 5.32 Å². The highest BCUT2D eigenvalue weighted by atomic mass is 16.5. The quantitative estimate of drug-likeness (QED) is 0.516. The maximum atomic E-state index is 5.34. The normalized spacial score (nSPS) is 20.1. The Kier molecular flexibility index (Phi) is 7.87.